The third-order valence-electron chi connectivity index (χ3n) is 9.12. The second-order valence-electron chi connectivity index (χ2n) is 11.9. The van der Waals surface area contributed by atoms with Gasteiger partial charge in [0.2, 0.25) is 11.8 Å². The van der Waals surface area contributed by atoms with Crippen LogP contribution in [0, 0.1) is 18.2 Å². The molecule has 1 aliphatic carbocycles. The Labute approximate surface area is 236 Å². The van der Waals surface area contributed by atoms with Crippen molar-refractivity contribution in [2.75, 3.05) is 32.8 Å². The standard InChI is InChI=1S/C32H40ClFN2O3/c1-24-20-27(12-13-28(24)33)39-23-31(21-29(37)35-17-5-2-6-18-35)14-7-19-36(22-31)30(38)32(15-3-4-16-32)25-8-10-26(34)11-9-25/h8-13,20H,2-7,14-19,21-23H2,1H3/t31-/m1/s1. The third kappa shape index (κ3) is 6.11. The van der Waals surface area contributed by atoms with Gasteiger partial charge in [0.25, 0.3) is 0 Å². The van der Waals surface area contributed by atoms with Gasteiger partial charge in [0, 0.05) is 43.0 Å². The van der Waals surface area contributed by atoms with Gasteiger partial charge in [-0.2, -0.15) is 0 Å². The number of nitrogens with zero attached hydrogens (tertiary/aromatic N) is 2. The van der Waals surface area contributed by atoms with E-state index < -0.39 is 10.8 Å². The van der Waals surface area contributed by atoms with E-state index in [0.717, 1.165) is 81.3 Å². The van der Waals surface area contributed by atoms with Crippen LogP contribution < -0.4 is 4.74 Å². The molecule has 2 amide bonds. The molecule has 2 saturated heterocycles. The quantitative estimate of drug-likeness (QED) is 0.383. The zero-order valence-corrected chi connectivity index (χ0v) is 23.8. The summed E-state index contributed by atoms with van der Waals surface area (Å²) < 4.78 is 20.1. The maximum Gasteiger partial charge on any atom is 0.233 e. The van der Waals surface area contributed by atoms with Crippen molar-refractivity contribution >= 4 is 23.4 Å². The minimum Gasteiger partial charge on any atom is -0.493 e. The molecule has 3 fully saturated rings. The highest BCUT2D eigenvalue weighted by Crippen LogP contribution is 2.45. The fraction of sp³-hybridized carbons (Fsp3) is 0.562. The summed E-state index contributed by atoms with van der Waals surface area (Å²) >= 11 is 6.23. The molecule has 0 unspecified atom stereocenters. The molecule has 3 aliphatic rings. The van der Waals surface area contributed by atoms with Crippen LogP contribution in [-0.4, -0.2) is 54.4 Å². The van der Waals surface area contributed by atoms with E-state index in [1.807, 2.05) is 34.9 Å². The number of carbonyl (C=O) groups excluding carboxylic acids is 2. The number of piperidine rings is 2. The van der Waals surface area contributed by atoms with E-state index in [1.54, 1.807) is 12.1 Å². The third-order valence-corrected chi connectivity index (χ3v) is 9.55. The fourth-order valence-corrected chi connectivity index (χ4v) is 7.01. The van der Waals surface area contributed by atoms with Gasteiger partial charge in [0.15, 0.2) is 0 Å². The topological polar surface area (TPSA) is 49.9 Å². The highest BCUT2D eigenvalue weighted by atomic mass is 35.5. The van der Waals surface area contributed by atoms with Gasteiger partial charge in [-0.05, 0) is 93.3 Å². The van der Waals surface area contributed by atoms with Crippen molar-refractivity contribution in [3.8, 4) is 5.75 Å². The molecule has 0 bridgehead atoms. The van der Waals surface area contributed by atoms with E-state index in [4.69, 9.17) is 16.3 Å². The number of benzene rings is 2. The summed E-state index contributed by atoms with van der Waals surface area (Å²) in [5.41, 5.74) is 0.746. The van der Waals surface area contributed by atoms with E-state index in [1.165, 1.54) is 18.6 Å². The van der Waals surface area contributed by atoms with Crippen LogP contribution in [0.2, 0.25) is 5.02 Å². The Balaban J connectivity index is 1.40. The van der Waals surface area contributed by atoms with Crippen molar-refractivity contribution in [1.82, 2.24) is 9.80 Å². The Morgan fingerprint density at radius 2 is 1.59 bits per heavy atom. The molecule has 1 atom stereocenters. The van der Waals surface area contributed by atoms with Crippen molar-refractivity contribution in [1.29, 1.82) is 0 Å². The van der Waals surface area contributed by atoms with Crippen LogP contribution in [0.4, 0.5) is 4.39 Å². The minimum atomic E-state index is -0.623. The molecule has 0 N–H and O–H groups in total. The van der Waals surface area contributed by atoms with Crippen molar-refractivity contribution in [2.45, 2.75) is 76.5 Å². The largest absolute Gasteiger partial charge is 0.493 e. The van der Waals surface area contributed by atoms with Gasteiger partial charge in [-0.15, -0.1) is 0 Å². The molecule has 2 aromatic rings. The lowest BCUT2D eigenvalue weighted by Gasteiger charge is -2.46. The molecule has 39 heavy (non-hydrogen) atoms. The second kappa shape index (κ2) is 11.9. The van der Waals surface area contributed by atoms with Gasteiger partial charge in [-0.1, -0.05) is 36.6 Å². The summed E-state index contributed by atoms with van der Waals surface area (Å²) in [4.78, 5) is 31.8. The van der Waals surface area contributed by atoms with Crippen LogP contribution in [0.15, 0.2) is 42.5 Å². The number of likely N-dealkylation sites (tertiary alicyclic amines) is 2. The van der Waals surface area contributed by atoms with Gasteiger partial charge < -0.3 is 14.5 Å². The Kier molecular flexibility index (Phi) is 8.51. The molecule has 210 valence electrons. The van der Waals surface area contributed by atoms with Crippen LogP contribution in [-0.2, 0) is 15.0 Å². The van der Waals surface area contributed by atoms with Crippen molar-refractivity contribution < 1.29 is 18.7 Å². The Bertz CT molecular complexity index is 1170. The van der Waals surface area contributed by atoms with Crippen LogP contribution in [0.3, 0.4) is 0 Å². The average molecular weight is 555 g/mol. The highest BCUT2D eigenvalue weighted by molar-refractivity contribution is 6.31. The van der Waals surface area contributed by atoms with Gasteiger partial charge in [-0.25, -0.2) is 4.39 Å². The first-order valence-corrected chi connectivity index (χ1v) is 14.9. The van der Waals surface area contributed by atoms with E-state index in [-0.39, 0.29) is 17.6 Å². The molecule has 0 spiro atoms. The second-order valence-corrected chi connectivity index (χ2v) is 12.4. The maximum atomic E-state index is 14.3. The first-order chi connectivity index (χ1) is 18.8. The zero-order valence-electron chi connectivity index (χ0n) is 23.0. The number of halogens is 2. The summed E-state index contributed by atoms with van der Waals surface area (Å²) in [5, 5.41) is 0.689. The number of ether oxygens (including phenoxy) is 1. The van der Waals surface area contributed by atoms with Crippen LogP contribution in [0.5, 0.6) is 5.75 Å². The lowest BCUT2D eigenvalue weighted by molar-refractivity contribution is -0.145. The van der Waals surface area contributed by atoms with Crippen molar-refractivity contribution in [3.05, 3.63) is 64.4 Å². The summed E-state index contributed by atoms with van der Waals surface area (Å²) in [6.07, 6.45) is 8.78. The Morgan fingerprint density at radius 1 is 0.897 bits per heavy atom. The molecule has 7 heteroatoms. The molecule has 2 heterocycles. The molecular weight excluding hydrogens is 515 g/mol. The number of amides is 2. The van der Waals surface area contributed by atoms with Crippen LogP contribution in [0.1, 0.15) is 75.3 Å². The van der Waals surface area contributed by atoms with Crippen LogP contribution >= 0.6 is 11.6 Å². The molecule has 2 aliphatic heterocycles. The summed E-state index contributed by atoms with van der Waals surface area (Å²) in [5.74, 6) is 0.711. The predicted molar refractivity (Wildman–Crippen MR) is 152 cm³/mol. The van der Waals surface area contributed by atoms with E-state index in [2.05, 4.69) is 0 Å². The smallest absolute Gasteiger partial charge is 0.233 e. The predicted octanol–water partition coefficient (Wildman–Crippen LogP) is 6.69. The fourth-order valence-electron chi connectivity index (χ4n) is 6.89. The number of hydrogen-bond acceptors (Lipinski definition) is 3. The van der Waals surface area contributed by atoms with E-state index in [9.17, 15) is 14.0 Å². The number of aryl methyl sites for hydroxylation is 1. The van der Waals surface area contributed by atoms with Gasteiger partial charge in [-0.3, -0.25) is 9.59 Å². The molecule has 0 radical (unpaired) electrons. The van der Waals surface area contributed by atoms with Gasteiger partial charge >= 0.3 is 0 Å². The monoisotopic (exact) mass is 554 g/mol. The Hall–Kier alpha value is -2.60. The lowest BCUT2D eigenvalue weighted by atomic mass is 9.74. The van der Waals surface area contributed by atoms with E-state index in [0.29, 0.717) is 31.1 Å². The maximum absolute atomic E-state index is 14.3. The van der Waals surface area contributed by atoms with Crippen molar-refractivity contribution in [3.63, 3.8) is 0 Å². The zero-order chi connectivity index (χ0) is 27.5. The number of carbonyl (C=O) groups is 2. The van der Waals surface area contributed by atoms with Gasteiger partial charge in [0.1, 0.15) is 11.6 Å². The molecular formula is C32H40ClFN2O3. The van der Waals surface area contributed by atoms with E-state index >= 15 is 0 Å². The first kappa shape index (κ1) is 27.9. The molecule has 5 rings (SSSR count). The summed E-state index contributed by atoms with van der Waals surface area (Å²) in [6, 6.07) is 12.1. The summed E-state index contributed by atoms with van der Waals surface area (Å²) in [7, 11) is 0. The molecule has 5 nitrogen and oxygen atoms in total. The first-order valence-electron chi connectivity index (χ1n) is 14.5. The lowest BCUT2D eigenvalue weighted by Crippen LogP contribution is -2.55. The van der Waals surface area contributed by atoms with Crippen molar-refractivity contribution in [2.24, 2.45) is 5.41 Å². The minimum absolute atomic E-state index is 0.114. The summed E-state index contributed by atoms with van der Waals surface area (Å²) in [6.45, 7) is 5.08. The molecule has 0 aromatic heterocycles. The van der Waals surface area contributed by atoms with Crippen LogP contribution in [0.25, 0.3) is 0 Å². The number of hydrogen-bond donors (Lipinski definition) is 0. The molecule has 2 aromatic carbocycles. The molecule has 1 saturated carbocycles. The normalized spacial score (nSPS) is 23.1. The number of rotatable bonds is 7. The average Bonchev–Trinajstić information content (AvgIpc) is 3.45. The SMILES string of the molecule is Cc1cc(OC[C@@]2(CC(=O)N3CCCCC3)CCCN(C(=O)C3(c4ccc(F)cc4)CCCC3)C2)ccc1Cl. The van der Waals surface area contributed by atoms with Gasteiger partial charge in [0.05, 0.1) is 12.0 Å². The Morgan fingerprint density at radius 3 is 2.28 bits per heavy atom. The highest BCUT2D eigenvalue weighted by Gasteiger charge is 2.48.